The van der Waals surface area contributed by atoms with E-state index in [-0.39, 0.29) is 5.75 Å². The fraction of sp³-hybridized carbons (Fsp3) is 0.100. The Morgan fingerprint density at radius 1 is 1.31 bits per heavy atom. The first-order valence-electron chi connectivity index (χ1n) is 7.73. The number of halogens is 1. The highest BCUT2D eigenvalue weighted by atomic mass is 79.9. The molecule has 26 heavy (non-hydrogen) atoms. The summed E-state index contributed by atoms with van der Waals surface area (Å²) in [5.41, 5.74) is 4.23. The van der Waals surface area contributed by atoms with Crippen LogP contribution in [0.25, 0.3) is 22.9 Å². The first-order valence-corrected chi connectivity index (χ1v) is 9.40. The van der Waals surface area contributed by atoms with Crippen LogP contribution < -0.4 is 4.74 Å². The summed E-state index contributed by atoms with van der Waals surface area (Å²) >= 11 is 4.71. The molecule has 3 aromatic rings. The number of benzene rings is 2. The zero-order valence-corrected chi connectivity index (χ0v) is 16.6. The van der Waals surface area contributed by atoms with Crippen molar-refractivity contribution in [2.45, 2.75) is 6.92 Å². The number of ether oxygens (including phenoxy) is 1. The van der Waals surface area contributed by atoms with Gasteiger partial charge in [0.25, 0.3) is 0 Å². The van der Waals surface area contributed by atoms with Crippen LogP contribution in [-0.2, 0) is 0 Å². The molecular formula is C20H15BrN2O2S. The van der Waals surface area contributed by atoms with Gasteiger partial charge in [-0.3, -0.25) is 0 Å². The van der Waals surface area contributed by atoms with Gasteiger partial charge in [0.2, 0.25) is 0 Å². The number of hydrogen-bond donors (Lipinski definition) is 1. The summed E-state index contributed by atoms with van der Waals surface area (Å²) in [6.45, 7) is 2.04. The number of methoxy groups -OCH3 is 1. The van der Waals surface area contributed by atoms with E-state index in [1.54, 1.807) is 18.2 Å². The number of hydrogen-bond acceptors (Lipinski definition) is 5. The summed E-state index contributed by atoms with van der Waals surface area (Å²) in [7, 11) is 1.48. The van der Waals surface area contributed by atoms with Crippen molar-refractivity contribution in [2.24, 2.45) is 0 Å². The number of aromatic hydroxyl groups is 1. The van der Waals surface area contributed by atoms with E-state index >= 15 is 0 Å². The summed E-state index contributed by atoms with van der Waals surface area (Å²) in [6.07, 6.45) is 1.73. The maximum absolute atomic E-state index is 9.91. The molecule has 0 amide bonds. The third-order valence-corrected chi connectivity index (χ3v) is 5.26. The van der Waals surface area contributed by atoms with Crippen molar-refractivity contribution in [2.75, 3.05) is 7.11 Å². The van der Waals surface area contributed by atoms with Gasteiger partial charge in [-0.15, -0.1) is 11.3 Å². The van der Waals surface area contributed by atoms with E-state index in [1.807, 2.05) is 36.6 Å². The van der Waals surface area contributed by atoms with Crippen molar-refractivity contribution in [1.82, 2.24) is 4.98 Å². The van der Waals surface area contributed by atoms with Crippen molar-refractivity contribution in [1.29, 1.82) is 5.26 Å². The molecule has 3 rings (SSSR count). The van der Waals surface area contributed by atoms with Crippen LogP contribution in [0, 0.1) is 18.3 Å². The Labute approximate surface area is 164 Å². The van der Waals surface area contributed by atoms with Gasteiger partial charge in [-0.1, -0.05) is 29.8 Å². The fourth-order valence-corrected chi connectivity index (χ4v) is 3.65. The predicted octanol–water partition coefficient (Wildman–Crippen LogP) is 5.66. The van der Waals surface area contributed by atoms with Crippen LogP contribution in [0.3, 0.4) is 0 Å². The molecule has 0 aliphatic carbocycles. The second kappa shape index (κ2) is 7.73. The Hall–Kier alpha value is -2.62. The number of rotatable bonds is 4. The molecule has 0 aliphatic heterocycles. The van der Waals surface area contributed by atoms with Crippen LogP contribution in [0.2, 0.25) is 0 Å². The molecule has 0 saturated carbocycles. The fourth-order valence-electron chi connectivity index (χ4n) is 2.40. The standard InChI is InChI=1S/C20H15BrN2O2S/c1-12-3-5-14(6-4-12)17-11-26-20(23-17)15(10-22)7-13-8-16(21)19(24)18(9-13)25-2/h3-9,11,24H,1-2H3. The van der Waals surface area contributed by atoms with Crippen LogP contribution in [0.4, 0.5) is 0 Å². The highest BCUT2D eigenvalue weighted by molar-refractivity contribution is 9.10. The van der Waals surface area contributed by atoms with Gasteiger partial charge in [0.15, 0.2) is 11.5 Å². The lowest BCUT2D eigenvalue weighted by Gasteiger charge is -2.06. The maximum atomic E-state index is 9.91. The zero-order chi connectivity index (χ0) is 18.7. The first-order chi connectivity index (χ1) is 12.5. The number of phenolic OH excluding ortho intramolecular Hbond substituents is 1. The lowest BCUT2D eigenvalue weighted by Crippen LogP contribution is -1.87. The van der Waals surface area contributed by atoms with E-state index in [1.165, 1.54) is 24.0 Å². The van der Waals surface area contributed by atoms with Gasteiger partial charge in [0.1, 0.15) is 11.1 Å². The van der Waals surface area contributed by atoms with E-state index in [4.69, 9.17) is 4.74 Å². The van der Waals surface area contributed by atoms with Crippen molar-refractivity contribution in [3.05, 3.63) is 62.4 Å². The third kappa shape index (κ3) is 3.79. The van der Waals surface area contributed by atoms with E-state index in [0.717, 1.165) is 16.8 Å². The maximum Gasteiger partial charge on any atom is 0.172 e. The first kappa shape index (κ1) is 18.2. The highest BCUT2D eigenvalue weighted by Gasteiger charge is 2.12. The van der Waals surface area contributed by atoms with Gasteiger partial charge in [-0.2, -0.15) is 5.26 Å². The summed E-state index contributed by atoms with van der Waals surface area (Å²) in [6, 6.07) is 13.7. The molecule has 0 saturated heterocycles. The molecule has 0 bridgehead atoms. The Balaban J connectivity index is 1.97. The number of phenols is 1. The number of aromatic nitrogens is 1. The number of nitriles is 1. The largest absolute Gasteiger partial charge is 0.503 e. The normalized spacial score (nSPS) is 11.2. The summed E-state index contributed by atoms with van der Waals surface area (Å²) in [5, 5.41) is 22.1. The topological polar surface area (TPSA) is 66.1 Å². The van der Waals surface area contributed by atoms with Gasteiger partial charge in [-0.05, 0) is 46.6 Å². The molecule has 4 nitrogen and oxygen atoms in total. The Kier molecular flexibility index (Phi) is 5.40. The minimum absolute atomic E-state index is 0.0269. The average Bonchev–Trinajstić information content (AvgIpc) is 3.13. The highest BCUT2D eigenvalue weighted by Crippen LogP contribution is 2.36. The minimum Gasteiger partial charge on any atom is -0.503 e. The van der Waals surface area contributed by atoms with E-state index in [2.05, 4.69) is 27.0 Å². The molecule has 0 atom stereocenters. The summed E-state index contributed by atoms with van der Waals surface area (Å²) in [4.78, 5) is 4.60. The second-order valence-corrected chi connectivity index (χ2v) is 7.34. The lowest BCUT2D eigenvalue weighted by molar-refractivity contribution is 0.372. The Morgan fingerprint density at radius 2 is 2.04 bits per heavy atom. The molecule has 130 valence electrons. The van der Waals surface area contributed by atoms with Gasteiger partial charge >= 0.3 is 0 Å². The molecule has 0 unspecified atom stereocenters. The monoisotopic (exact) mass is 426 g/mol. The van der Waals surface area contributed by atoms with E-state index in [9.17, 15) is 10.4 Å². The molecule has 2 aromatic carbocycles. The molecule has 1 heterocycles. The molecule has 6 heteroatoms. The Morgan fingerprint density at radius 3 is 2.69 bits per heavy atom. The predicted molar refractivity (Wildman–Crippen MR) is 108 cm³/mol. The van der Waals surface area contributed by atoms with E-state index in [0.29, 0.717) is 20.8 Å². The van der Waals surface area contributed by atoms with Crippen molar-refractivity contribution in [3.63, 3.8) is 0 Å². The molecule has 0 fully saturated rings. The number of allylic oxidation sites excluding steroid dienone is 1. The van der Waals surface area contributed by atoms with Crippen molar-refractivity contribution < 1.29 is 9.84 Å². The number of aryl methyl sites for hydroxylation is 1. The second-order valence-electron chi connectivity index (χ2n) is 5.63. The smallest absolute Gasteiger partial charge is 0.172 e. The molecule has 0 spiro atoms. The quantitative estimate of drug-likeness (QED) is 0.546. The van der Waals surface area contributed by atoms with E-state index < -0.39 is 0 Å². The van der Waals surface area contributed by atoms with Gasteiger partial charge < -0.3 is 9.84 Å². The lowest BCUT2D eigenvalue weighted by atomic mass is 10.1. The summed E-state index contributed by atoms with van der Waals surface area (Å²) < 4.78 is 5.65. The van der Waals surface area contributed by atoms with Gasteiger partial charge in [0, 0.05) is 10.9 Å². The van der Waals surface area contributed by atoms with Gasteiger partial charge in [0.05, 0.1) is 22.8 Å². The average molecular weight is 427 g/mol. The molecule has 1 aromatic heterocycles. The SMILES string of the molecule is COc1cc(C=C(C#N)c2nc(-c3ccc(C)cc3)cs2)cc(Br)c1O. The Bertz CT molecular complexity index is 1020. The molecule has 0 aliphatic rings. The van der Waals surface area contributed by atoms with Crippen LogP contribution in [-0.4, -0.2) is 17.2 Å². The van der Waals surface area contributed by atoms with Crippen LogP contribution in [0.15, 0.2) is 46.3 Å². The van der Waals surface area contributed by atoms with Crippen molar-refractivity contribution in [3.8, 4) is 28.8 Å². The summed E-state index contributed by atoms with van der Waals surface area (Å²) in [5.74, 6) is 0.362. The zero-order valence-electron chi connectivity index (χ0n) is 14.2. The van der Waals surface area contributed by atoms with Crippen LogP contribution >= 0.6 is 27.3 Å². The minimum atomic E-state index is 0.0269. The molecular weight excluding hydrogens is 412 g/mol. The van der Waals surface area contributed by atoms with Crippen LogP contribution in [0.1, 0.15) is 16.1 Å². The number of nitrogens with zero attached hydrogens (tertiary/aromatic N) is 2. The van der Waals surface area contributed by atoms with Crippen molar-refractivity contribution >= 4 is 38.9 Å². The van der Waals surface area contributed by atoms with Crippen LogP contribution in [0.5, 0.6) is 11.5 Å². The molecule has 1 N–H and O–H groups in total. The number of thiazole rings is 1. The van der Waals surface area contributed by atoms with Gasteiger partial charge in [-0.25, -0.2) is 4.98 Å². The third-order valence-electron chi connectivity index (χ3n) is 3.78. The molecule has 0 radical (unpaired) electrons.